The molecule has 1 saturated heterocycles. The third kappa shape index (κ3) is 6.07. The maximum atomic E-state index is 5.97. The van der Waals surface area contributed by atoms with Gasteiger partial charge in [-0.2, -0.15) is 10.2 Å². The number of nitrogens with zero attached hydrogens (tertiary/aromatic N) is 6. The molecule has 1 aromatic carbocycles. The standard InChI is InChI=1S/C22H29N7O.HI/c1-3-23-22(28-11-12-30-21(17-28)19-14-25-27(2)16-19)24-10-9-18-13-26-29(15-18)20-7-5-4-6-8-20;/h4-8,13-16,21H,3,9-12,17H2,1-2H3,(H,23,24);1H. The van der Waals surface area contributed by atoms with Gasteiger partial charge in [0, 0.05) is 44.6 Å². The van der Waals surface area contributed by atoms with Crippen LogP contribution in [0.25, 0.3) is 5.69 Å². The van der Waals surface area contributed by atoms with Gasteiger partial charge in [-0.05, 0) is 31.0 Å². The number of para-hydroxylation sites is 1. The molecule has 1 atom stereocenters. The Morgan fingerprint density at radius 1 is 1.19 bits per heavy atom. The maximum absolute atomic E-state index is 5.97. The smallest absolute Gasteiger partial charge is 0.194 e. The molecule has 1 aliphatic rings. The summed E-state index contributed by atoms with van der Waals surface area (Å²) in [5, 5.41) is 12.2. The monoisotopic (exact) mass is 535 g/mol. The van der Waals surface area contributed by atoms with Crippen LogP contribution in [-0.2, 0) is 18.2 Å². The van der Waals surface area contributed by atoms with Crippen LogP contribution in [-0.4, -0.2) is 63.2 Å². The van der Waals surface area contributed by atoms with Crippen molar-refractivity contribution in [2.45, 2.75) is 19.4 Å². The molecular weight excluding hydrogens is 505 g/mol. The zero-order chi connectivity index (χ0) is 20.8. The van der Waals surface area contributed by atoms with E-state index in [4.69, 9.17) is 9.73 Å². The van der Waals surface area contributed by atoms with Gasteiger partial charge in [-0.1, -0.05) is 18.2 Å². The van der Waals surface area contributed by atoms with E-state index in [0.717, 1.165) is 43.3 Å². The number of aryl methyl sites for hydroxylation is 1. The van der Waals surface area contributed by atoms with Gasteiger partial charge in [0.05, 0.1) is 31.2 Å². The highest BCUT2D eigenvalue weighted by molar-refractivity contribution is 14.0. The van der Waals surface area contributed by atoms with Crippen molar-refractivity contribution < 1.29 is 4.74 Å². The summed E-state index contributed by atoms with van der Waals surface area (Å²) in [6, 6.07) is 10.1. The fraction of sp³-hybridized carbons (Fsp3) is 0.409. The number of benzene rings is 1. The fourth-order valence-corrected chi connectivity index (χ4v) is 3.58. The van der Waals surface area contributed by atoms with Gasteiger partial charge < -0.3 is 15.0 Å². The van der Waals surface area contributed by atoms with E-state index in [1.165, 1.54) is 5.56 Å². The van der Waals surface area contributed by atoms with Crippen molar-refractivity contribution in [1.29, 1.82) is 0 Å². The summed E-state index contributed by atoms with van der Waals surface area (Å²) in [6.07, 6.45) is 8.75. The topological polar surface area (TPSA) is 72.5 Å². The van der Waals surface area contributed by atoms with Gasteiger partial charge in [-0.3, -0.25) is 9.67 Å². The van der Waals surface area contributed by atoms with Crippen LogP contribution in [0.1, 0.15) is 24.2 Å². The van der Waals surface area contributed by atoms with Crippen molar-refractivity contribution in [2.24, 2.45) is 12.0 Å². The molecule has 1 aliphatic heterocycles. The van der Waals surface area contributed by atoms with Gasteiger partial charge in [-0.15, -0.1) is 24.0 Å². The normalized spacial score (nSPS) is 16.8. The highest BCUT2D eigenvalue weighted by Gasteiger charge is 2.25. The van der Waals surface area contributed by atoms with E-state index >= 15 is 0 Å². The van der Waals surface area contributed by atoms with Gasteiger partial charge in [0.25, 0.3) is 0 Å². The molecule has 1 fully saturated rings. The number of aliphatic imine (C=N–C) groups is 1. The number of morpholine rings is 1. The van der Waals surface area contributed by atoms with Gasteiger partial charge in [-0.25, -0.2) is 4.68 Å². The first-order chi connectivity index (χ1) is 14.7. The number of nitrogens with one attached hydrogen (secondary N) is 1. The van der Waals surface area contributed by atoms with Crippen LogP contribution in [0.15, 0.2) is 60.1 Å². The molecule has 4 rings (SSSR count). The largest absolute Gasteiger partial charge is 0.370 e. The number of rotatable bonds is 6. The SMILES string of the molecule is CCNC(=NCCc1cnn(-c2ccccc2)c1)N1CCOC(c2cnn(C)c2)C1.I. The van der Waals surface area contributed by atoms with E-state index in [-0.39, 0.29) is 30.1 Å². The molecule has 3 aromatic rings. The Morgan fingerprint density at radius 2 is 2.03 bits per heavy atom. The molecule has 3 heterocycles. The summed E-state index contributed by atoms with van der Waals surface area (Å²) in [5.74, 6) is 0.935. The van der Waals surface area contributed by atoms with Gasteiger partial charge in [0.15, 0.2) is 5.96 Å². The van der Waals surface area contributed by atoms with Crippen LogP contribution >= 0.6 is 24.0 Å². The summed E-state index contributed by atoms with van der Waals surface area (Å²) < 4.78 is 9.69. The summed E-state index contributed by atoms with van der Waals surface area (Å²) in [5.41, 5.74) is 3.34. The Kier molecular flexibility index (Phi) is 8.47. The van der Waals surface area contributed by atoms with E-state index in [1.807, 2.05) is 53.2 Å². The van der Waals surface area contributed by atoms with Crippen molar-refractivity contribution in [3.05, 3.63) is 66.2 Å². The lowest BCUT2D eigenvalue weighted by Crippen LogP contribution is -2.48. The molecule has 0 spiro atoms. The van der Waals surface area contributed by atoms with Gasteiger partial charge in [0.2, 0.25) is 0 Å². The van der Waals surface area contributed by atoms with Crippen molar-refractivity contribution in [3.8, 4) is 5.69 Å². The molecule has 8 nitrogen and oxygen atoms in total. The number of guanidine groups is 1. The van der Waals surface area contributed by atoms with E-state index < -0.39 is 0 Å². The number of halogens is 1. The number of hydrogen-bond donors (Lipinski definition) is 1. The second-order valence-corrected chi connectivity index (χ2v) is 7.37. The van der Waals surface area contributed by atoms with E-state index in [1.54, 1.807) is 0 Å². The molecule has 166 valence electrons. The average molecular weight is 535 g/mol. The zero-order valence-corrected chi connectivity index (χ0v) is 20.3. The van der Waals surface area contributed by atoms with E-state index in [0.29, 0.717) is 13.2 Å². The van der Waals surface area contributed by atoms with Crippen molar-refractivity contribution in [1.82, 2.24) is 29.8 Å². The fourth-order valence-electron chi connectivity index (χ4n) is 3.58. The lowest BCUT2D eigenvalue weighted by molar-refractivity contribution is -0.00803. The Balaban J connectivity index is 0.00000272. The van der Waals surface area contributed by atoms with Gasteiger partial charge >= 0.3 is 0 Å². The Bertz CT molecular complexity index is 969. The Labute approximate surface area is 200 Å². The minimum atomic E-state index is 0. The molecule has 2 aromatic heterocycles. The summed E-state index contributed by atoms with van der Waals surface area (Å²) in [6.45, 7) is 5.90. The van der Waals surface area contributed by atoms with Crippen molar-refractivity contribution in [3.63, 3.8) is 0 Å². The van der Waals surface area contributed by atoms with Crippen LogP contribution in [0.3, 0.4) is 0 Å². The third-order valence-corrected chi connectivity index (χ3v) is 5.12. The maximum Gasteiger partial charge on any atom is 0.194 e. The third-order valence-electron chi connectivity index (χ3n) is 5.12. The molecule has 1 N–H and O–H groups in total. The second kappa shape index (κ2) is 11.3. The lowest BCUT2D eigenvalue weighted by atomic mass is 10.1. The van der Waals surface area contributed by atoms with Gasteiger partial charge in [0.1, 0.15) is 6.10 Å². The molecule has 0 aliphatic carbocycles. The van der Waals surface area contributed by atoms with E-state index in [2.05, 4.69) is 45.7 Å². The first kappa shape index (κ1) is 23.3. The highest BCUT2D eigenvalue weighted by Crippen LogP contribution is 2.21. The molecule has 0 bridgehead atoms. The van der Waals surface area contributed by atoms with Crippen LogP contribution < -0.4 is 5.32 Å². The average Bonchev–Trinajstić information content (AvgIpc) is 3.43. The number of aromatic nitrogens is 4. The van der Waals surface area contributed by atoms with Crippen LogP contribution in [0.4, 0.5) is 0 Å². The summed E-state index contributed by atoms with van der Waals surface area (Å²) >= 11 is 0. The number of hydrogen-bond acceptors (Lipinski definition) is 4. The van der Waals surface area contributed by atoms with E-state index in [9.17, 15) is 0 Å². The van der Waals surface area contributed by atoms with Crippen molar-refractivity contribution >= 4 is 29.9 Å². The van der Waals surface area contributed by atoms with Crippen LogP contribution in [0.2, 0.25) is 0 Å². The number of ether oxygens (including phenoxy) is 1. The van der Waals surface area contributed by atoms with Crippen molar-refractivity contribution in [2.75, 3.05) is 32.8 Å². The first-order valence-electron chi connectivity index (χ1n) is 10.5. The second-order valence-electron chi connectivity index (χ2n) is 7.37. The lowest BCUT2D eigenvalue weighted by Gasteiger charge is -2.34. The zero-order valence-electron chi connectivity index (χ0n) is 18.0. The van der Waals surface area contributed by atoms with Crippen LogP contribution in [0, 0.1) is 0 Å². The Hall–Kier alpha value is -2.40. The molecule has 0 radical (unpaired) electrons. The first-order valence-corrected chi connectivity index (χ1v) is 10.5. The molecule has 31 heavy (non-hydrogen) atoms. The summed E-state index contributed by atoms with van der Waals surface area (Å²) in [4.78, 5) is 7.14. The minimum absolute atomic E-state index is 0. The molecule has 9 heteroatoms. The summed E-state index contributed by atoms with van der Waals surface area (Å²) in [7, 11) is 1.93. The highest BCUT2D eigenvalue weighted by atomic mass is 127. The molecule has 0 saturated carbocycles. The Morgan fingerprint density at radius 3 is 2.77 bits per heavy atom. The predicted octanol–water partition coefficient (Wildman–Crippen LogP) is 2.81. The molecule has 0 amide bonds. The van der Waals surface area contributed by atoms with Crippen LogP contribution in [0.5, 0.6) is 0 Å². The molecule has 1 unspecified atom stereocenters. The predicted molar refractivity (Wildman–Crippen MR) is 132 cm³/mol. The minimum Gasteiger partial charge on any atom is -0.370 e. The molecular formula is C22H30IN7O. The quantitative estimate of drug-likeness (QED) is 0.299.